The predicted octanol–water partition coefficient (Wildman–Crippen LogP) is 1.40. The zero-order valence-corrected chi connectivity index (χ0v) is 4.11. The van der Waals surface area contributed by atoms with Gasteiger partial charge in [-0.2, -0.15) is 5.26 Å². The molecule has 0 aliphatic carbocycles. The van der Waals surface area contributed by atoms with Gasteiger partial charge >= 0.3 is 0 Å². The Morgan fingerprint density at radius 1 is 1.71 bits per heavy atom. The fourth-order valence-corrected chi connectivity index (χ4v) is 0.183. The highest BCUT2D eigenvalue weighted by Crippen LogP contribution is 1.79. The summed E-state index contributed by atoms with van der Waals surface area (Å²) < 4.78 is 4.25. The van der Waals surface area contributed by atoms with Gasteiger partial charge in [0, 0.05) is 0 Å². The van der Waals surface area contributed by atoms with Crippen molar-refractivity contribution in [3.8, 4) is 6.07 Å². The number of hydrogen-bond donors (Lipinski definition) is 1. The molecule has 0 aromatic rings. The lowest BCUT2D eigenvalue weighted by Gasteiger charge is -1.80. The topological polar surface area (TPSA) is 33.0 Å². The van der Waals surface area contributed by atoms with Crippen LogP contribution < -0.4 is 0 Å². The van der Waals surface area contributed by atoms with Gasteiger partial charge in [0.25, 0.3) is 0 Å². The van der Waals surface area contributed by atoms with Crippen molar-refractivity contribution >= 4 is 12.9 Å². The van der Waals surface area contributed by atoms with Crippen molar-refractivity contribution < 1.29 is 4.18 Å². The number of hydrogen-bond acceptors (Lipinski definition) is 3. The number of nitriles is 1. The molecule has 2 nitrogen and oxygen atoms in total. The average molecular weight is 119 g/mol. The number of thiol groups is 1. The first-order valence-electron chi connectivity index (χ1n) is 1.55. The quantitative estimate of drug-likeness (QED) is 0.338. The summed E-state index contributed by atoms with van der Waals surface area (Å²) in [4.78, 5) is 0. The van der Waals surface area contributed by atoms with E-state index in [1.807, 2.05) is 6.07 Å². The lowest BCUT2D eigenvalue weighted by molar-refractivity contribution is 0.393. The molecule has 3 heteroatoms. The molecule has 0 aliphatic rings. The Hall–Kier alpha value is -0.200. The minimum absolute atomic E-state index is 0. The van der Waals surface area contributed by atoms with Crippen LogP contribution in [0.1, 0.15) is 13.8 Å². The van der Waals surface area contributed by atoms with Crippen LogP contribution in [0.4, 0.5) is 0 Å². The molecule has 0 aromatic carbocycles. The van der Waals surface area contributed by atoms with Crippen molar-refractivity contribution in [3.05, 3.63) is 0 Å². The normalized spacial score (nSPS) is 6.29. The second kappa shape index (κ2) is 9.25. The Bertz CT molecular complexity index is 59.2. The fourth-order valence-electron chi connectivity index (χ4n) is 0.0913. The molecule has 0 N–H and O–H groups in total. The van der Waals surface area contributed by atoms with E-state index >= 15 is 0 Å². The van der Waals surface area contributed by atoms with Gasteiger partial charge in [0.1, 0.15) is 0 Å². The van der Waals surface area contributed by atoms with Crippen LogP contribution in [0.3, 0.4) is 0 Å². The third kappa shape index (κ3) is 10.7. The van der Waals surface area contributed by atoms with Crippen LogP contribution in [0.2, 0.25) is 0 Å². The van der Waals surface area contributed by atoms with Crippen molar-refractivity contribution in [1.82, 2.24) is 0 Å². The van der Waals surface area contributed by atoms with E-state index in [0.717, 1.165) is 0 Å². The molecule has 7 heavy (non-hydrogen) atoms. The fraction of sp³-hybridized carbons (Fsp3) is 0.750. The third-order valence-corrected chi connectivity index (χ3v) is 0.488. The summed E-state index contributed by atoms with van der Waals surface area (Å²) in [6, 6.07) is 1.89. The van der Waals surface area contributed by atoms with Gasteiger partial charge in [-0.15, -0.1) is 0 Å². The van der Waals surface area contributed by atoms with E-state index in [0.29, 0.717) is 13.0 Å². The number of nitrogens with zero attached hydrogens (tertiary/aromatic N) is 1. The van der Waals surface area contributed by atoms with Gasteiger partial charge in [0.05, 0.1) is 19.1 Å². The molecule has 0 amide bonds. The number of rotatable bonds is 2. The second-order valence-electron chi connectivity index (χ2n) is 0.741. The smallest absolute Gasteiger partial charge is 0.0740 e. The van der Waals surface area contributed by atoms with Crippen LogP contribution in [-0.4, -0.2) is 6.61 Å². The van der Waals surface area contributed by atoms with Gasteiger partial charge in [-0.3, -0.25) is 0 Å². The molecule has 0 spiro atoms. The molecule has 0 atom stereocenters. The Kier molecular flexibility index (Phi) is 13.1. The predicted molar refractivity (Wildman–Crippen MR) is 31.9 cm³/mol. The summed E-state index contributed by atoms with van der Waals surface area (Å²) in [5, 5.41) is 7.83. The van der Waals surface area contributed by atoms with Gasteiger partial charge in [0.2, 0.25) is 0 Å². The van der Waals surface area contributed by atoms with Crippen molar-refractivity contribution in [2.75, 3.05) is 6.61 Å². The maximum Gasteiger partial charge on any atom is 0.0740 e. The highest BCUT2D eigenvalue weighted by Gasteiger charge is 1.74. The van der Waals surface area contributed by atoms with Crippen LogP contribution >= 0.6 is 12.9 Å². The molecule has 0 bridgehead atoms. The van der Waals surface area contributed by atoms with E-state index in [9.17, 15) is 0 Å². The van der Waals surface area contributed by atoms with Crippen LogP contribution in [0.25, 0.3) is 0 Å². The average Bonchev–Trinajstić information content (AvgIpc) is 1.61. The van der Waals surface area contributed by atoms with Crippen LogP contribution in [0, 0.1) is 11.3 Å². The Morgan fingerprint density at radius 3 is 2.43 bits per heavy atom. The van der Waals surface area contributed by atoms with Gasteiger partial charge < -0.3 is 4.18 Å². The molecule has 0 radical (unpaired) electrons. The highest BCUT2D eigenvalue weighted by molar-refractivity contribution is 7.75. The first kappa shape index (κ1) is 9.93. The molecular formula is C4H9NOS. The molecule has 0 saturated heterocycles. The van der Waals surface area contributed by atoms with E-state index in [1.165, 1.54) is 0 Å². The van der Waals surface area contributed by atoms with Crippen molar-refractivity contribution in [2.24, 2.45) is 0 Å². The minimum atomic E-state index is 0. The van der Waals surface area contributed by atoms with Crippen LogP contribution in [0.15, 0.2) is 0 Å². The molecule has 0 unspecified atom stereocenters. The van der Waals surface area contributed by atoms with E-state index in [1.54, 1.807) is 0 Å². The van der Waals surface area contributed by atoms with Crippen molar-refractivity contribution in [2.45, 2.75) is 13.8 Å². The maximum absolute atomic E-state index is 7.83. The molecule has 0 saturated carbocycles. The van der Waals surface area contributed by atoms with E-state index < -0.39 is 0 Å². The summed E-state index contributed by atoms with van der Waals surface area (Å²) in [5.74, 6) is 0. The lowest BCUT2D eigenvalue weighted by atomic mass is 10.5. The van der Waals surface area contributed by atoms with Gasteiger partial charge in [-0.05, 0) is 12.9 Å². The summed E-state index contributed by atoms with van der Waals surface area (Å²) in [6.07, 6.45) is 0.420. The van der Waals surface area contributed by atoms with E-state index in [-0.39, 0.29) is 7.43 Å². The van der Waals surface area contributed by atoms with Crippen molar-refractivity contribution in [3.63, 3.8) is 0 Å². The van der Waals surface area contributed by atoms with Gasteiger partial charge in [0.15, 0.2) is 0 Å². The van der Waals surface area contributed by atoms with E-state index in [4.69, 9.17) is 5.26 Å². The minimum Gasteiger partial charge on any atom is -0.317 e. The zero-order chi connectivity index (χ0) is 4.83. The Balaban J connectivity index is 0. The monoisotopic (exact) mass is 119 g/mol. The molecule has 0 aromatic heterocycles. The molecule has 0 aliphatic heterocycles. The first-order chi connectivity index (χ1) is 2.91. The molecule has 0 heterocycles. The molecule has 0 fully saturated rings. The van der Waals surface area contributed by atoms with Gasteiger partial charge in [-0.1, -0.05) is 7.43 Å². The SMILES string of the molecule is C.N#CCCOS. The van der Waals surface area contributed by atoms with Crippen LogP contribution in [0.5, 0.6) is 0 Å². The molecular weight excluding hydrogens is 110 g/mol. The summed E-state index contributed by atoms with van der Waals surface area (Å²) in [7, 11) is 0. The largest absolute Gasteiger partial charge is 0.317 e. The van der Waals surface area contributed by atoms with Gasteiger partial charge in [-0.25, -0.2) is 0 Å². The molecule has 0 rings (SSSR count). The Labute approximate surface area is 49.7 Å². The highest BCUT2D eigenvalue weighted by atomic mass is 32.1. The third-order valence-electron chi connectivity index (χ3n) is 0.305. The van der Waals surface area contributed by atoms with Crippen molar-refractivity contribution in [1.29, 1.82) is 5.26 Å². The van der Waals surface area contributed by atoms with E-state index in [2.05, 4.69) is 17.1 Å². The summed E-state index contributed by atoms with van der Waals surface area (Å²) >= 11 is 3.40. The summed E-state index contributed by atoms with van der Waals surface area (Å²) in [5.41, 5.74) is 0. The first-order valence-corrected chi connectivity index (χ1v) is 1.91. The Morgan fingerprint density at radius 2 is 2.29 bits per heavy atom. The maximum atomic E-state index is 7.83. The second-order valence-corrected chi connectivity index (χ2v) is 1.000. The van der Waals surface area contributed by atoms with Crippen LogP contribution in [-0.2, 0) is 4.18 Å². The lowest BCUT2D eigenvalue weighted by Crippen LogP contribution is -1.77. The summed E-state index contributed by atoms with van der Waals surface area (Å²) in [6.45, 7) is 0.416. The zero-order valence-electron chi connectivity index (χ0n) is 3.22. The standard InChI is InChI=1S/C3H5NOS.CH4/c4-2-1-3-5-6;/h6H,1,3H2;1H4. The molecule has 42 valence electrons.